The molecule has 1 aromatic carbocycles. The Bertz CT molecular complexity index is 552. The van der Waals surface area contributed by atoms with Crippen LogP contribution < -0.4 is 4.74 Å². The molecule has 1 aromatic heterocycles. The van der Waals surface area contributed by atoms with Crippen LogP contribution in [0.25, 0.3) is 0 Å². The number of aliphatic hydroxyl groups is 1. The highest BCUT2D eigenvalue weighted by molar-refractivity contribution is 5.37. The molecule has 0 saturated carbocycles. The van der Waals surface area contributed by atoms with Crippen LogP contribution >= 0.6 is 0 Å². The van der Waals surface area contributed by atoms with E-state index in [2.05, 4.69) is 4.98 Å². The number of hydrogen-bond donors (Lipinski definition) is 1. The monoisotopic (exact) mass is 261 g/mol. The quantitative estimate of drug-likeness (QED) is 0.920. The van der Waals surface area contributed by atoms with Gasteiger partial charge in [-0.2, -0.15) is 0 Å². The van der Waals surface area contributed by atoms with Crippen LogP contribution in [0, 0.1) is 5.82 Å². The molecule has 0 saturated heterocycles. The molecule has 2 rings (SSSR count). The Kier molecular flexibility index (Phi) is 3.81. The van der Waals surface area contributed by atoms with Gasteiger partial charge in [0.2, 0.25) is 0 Å². The maximum absolute atomic E-state index is 13.2. The third kappa shape index (κ3) is 2.90. The van der Waals surface area contributed by atoms with Gasteiger partial charge in [-0.15, -0.1) is 0 Å². The van der Waals surface area contributed by atoms with Gasteiger partial charge in [0, 0.05) is 11.8 Å². The molecule has 2 aromatic rings. The Morgan fingerprint density at radius 2 is 1.89 bits per heavy atom. The molecule has 0 amide bonds. The van der Waals surface area contributed by atoms with Crippen LogP contribution in [-0.2, 0) is 5.60 Å². The Morgan fingerprint density at radius 1 is 1.21 bits per heavy atom. The van der Waals surface area contributed by atoms with Gasteiger partial charge in [0.25, 0.3) is 0 Å². The minimum Gasteiger partial charge on any atom is -0.494 e. The normalized spacial score (nSPS) is 13.9. The lowest BCUT2D eigenvalue weighted by Crippen LogP contribution is -2.23. The van der Waals surface area contributed by atoms with Crippen molar-refractivity contribution in [3.8, 4) is 5.75 Å². The first kappa shape index (κ1) is 13.5. The highest BCUT2D eigenvalue weighted by Crippen LogP contribution is 2.30. The van der Waals surface area contributed by atoms with E-state index >= 15 is 0 Å². The van der Waals surface area contributed by atoms with E-state index in [-0.39, 0.29) is 0 Å². The van der Waals surface area contributed by atoms with Gasteiger partial charge in [-0.25, -0.2) is 4.39 Å². The zero-order valence-electron chi connectivity index (χ0n) is 10.9. The SMILES string of the molecule is CCOc1ccc(C(C)(O)c2cncc(F)c2)cc1. The second-order valence-corrected chi connectivity index (χ2v) is 4.42. The summed E-state index contributed by atoms with van der Waals surface area (Å²) in [5, 5.41) is 10.6. The number of halogens is 1. The topological polar surface area (TPSA) is 42.4 Å². The van der Waals surface area contributed by atoms with Crippen molar-refractivity contribution < 1.29 is 14.2 Å². The Morgan fingerprint density at radius 3 is 2.47 bits per heavy atom. The van der Waals surface area contributed by atoms with Gasteiger partial charge >= 0.3 is 0 Å². The van der Waals surface area contributed by atoms with E-state index in [0.29, 0.717) is 17.7 Å². The third-order valence-corrected chi connectivity index (χ3v) is 2.99. The molecule has 0 aliphatic carbocycles. The van der Waals surface area contributed by atoms with Crippen LogP contribution in [0.1, 0.15) is 25.0 Å². The van der Waals surface area contributed by atoms with Gasteiger partial charge in [0.05, 0.1) is 12.8 Å². The van der Waals surface area contributed by atoms with Gasteiger partial charge in [0.1, 0.15) is 17.2 Å². The predicted octanol–water partition coefficient (Wildman–Crippen LogP) is 2.88. The van der Waals surface area contributed by atoms with Crippen molar-refractivity contribution in [1.29, 1.82) is 0 Å². The number of aromatic nitrogens is 1. The lowest BCUT2D eigenvalue weighted by Gasteiger charge is -2.24. The van der Waals surface area contributed by atoms with E-state index in [1.54, 1.807) is 31.2 Å². The third-order valence-electron chi connectivity index (χ3n) is 2.99. The molecule has 19 heavy (non-hydrogen) atoms. The van der Waals surface area contributed by atoms with E-state index in [9.17, 15) is 9.50 Å². The van der Waals surface area contributed by atoms with Crippen molar-refractivity contribution in [2.24, 2.45) is 0 Å². The first-order valence-electron chi connectivity index (χ1n) is 6.10. The summed E-state index contributed by atoms with van der Waals surface area (Å²) in [4.78, 5) is 3.76. The highest BCUT2D eigenvalue weighted by Gasteiger charge is 2.26. The largest absolute Gasteiger partial charge is 0.494 e. The number of nitrogens with zero attached hydrogens (tertiary/aromatic N) is 1. The molecule has 1 N–H and O–H groups in total. The van der Waals surface area contributed by atoms with E-state index in [1.807, 2.05) is 6.92 Å². The number of ether oxygens (including phenoxy) is 1. The molecule has 0 fully saturated rings. The maximum atomic E-state index is 13.2. The van der Waals surface area contributed by atoms with Crippen molar-refractivity contribution in [3.05, 3.63) is 59.7 Å². The van der Waals surface area contributed by atoms with Crippen LogP contribution in [0.15, 0.2) is 42.7 Å². The first-order valence-corrected chi connectivity index (χ1v) is 6.10. The van der Waals surface area contributed by atoms with Crippen LogP contribution in [0.3, 0.4) is 0 Å². The minimum absolute atomic E-state index is 0.414. The van der Waals surface area contributed by atoms with E-state index in [0.717, 1.165) is 11.9 Å². The minimum atomic E-state index is -1.29. The van der Waals surface area contributed by atoms with Gasteiger partial charge in [-0.05, 0) is 37.6 Å². The lowest BCUT2D eigenvalue weighted by molar-refractivity contribution is 0.101. The van der Waals surface area contributed by atoms with Crippen LogP contribution in [0.4, 0.5) is 4.39 Å². The molecule has 1 unspecified atom stereocenters. The molecule has 3 nitrogen and oxygen atoms in total. The van der Waals surface area contributed by atoms with Crippen molar-refractivity contribution in [2.75, 3.05) is 6.61 Å². The molecular formula is C15H16FNO2. The van der Waals surface area contributed by atoms with Crippen molar-refractivity contribution in [2.45, 2.75) is 19.4 Å². The van der Waals surface area contributed by atoms with E-state index in [4.69, 9.17) is 4.74 Å². The standard InChI is InChI=1S/C15H16FNO2/c1-3-19-14-6-4-11(5-7-14)15(2,18)12-8-13(16)10-17-9-12/h4-10,18H,3H2,1-2H3. The summed E-state index contributed by atoms with van der Waals surface area (Å²) in [6, 6.07) is 8.36. The second kappa shape index (κ2) is 5.36. The molecule has 0 spiro atoms. The zero-order chi connectivity index (χ0) is 13.9. The fraction of sp³-hybridized carbons (Fsp3) is 0.267. The van der Waals surface area contributed by atoms with Crippen molar-refractivity contribution in [3.63, 3.8) is 0 Å². The molecular weight excluding hydrogens is 245 g/mol. The zero-order valence-corrected chi connectivity index (χ0v) is 10.9. The van der Waals surface area contributed by atoms with Gasteiger partial charge in [0.15, 0.2) is 0 Å². The van der Waals surface area contributed by atoms with Gasteiger partial charge in [-0.1, -0.05) is 12.1 Å². The number of rotatable bonds is 4. The molecule has 0 bridgehead atoms. The van der Waals surface area contributed by atoms with Gasteiger partial charge < -0.3 is 9.84 Å². The summed E-state index contributed by atoms with van der Waals surface area (Å²) in [7, 11) is 0. The lowest BCUT2D eigenvalue weighted by atomic mass is 9.89. The summed E-state index contributed by atoms with van der Waals surface area (Å²) < 4.78 is 18.5. The first-order chi connectivity index (χ1) is 9.04. The van der Waals surface area contributed by atoms with Crippen molar-refractivity contribution >= 4 is 0 Å². The fourth-order valence-corrected chi connectivity index (χ4v) is 1.89. The smallest absolute Gasteiger partial charge is 0.141 e. The highest BCUT2D eigenvalue weighted by atomic mass is 19.1. The maximum Gasteiger partial charge on any atom is 0.141 e. The molecule has 100 valence electrons. The number of benzene rings is 1. The number of pyridine rings is 1. The Hall–Kier alpha value is -1.94. The fourth-order valence-electron chi connectivity index (χ4n) is 1.89. The Labute approximate surface area is 111 Å². The molecule has 4 heteroatoms. The molecule has 1 atom stereocenters. The summed E-state index contributed by atoms with van der Waals surface area (Å²) >= 11 is 0. The predicted molar refractivity (Wildman–Crippen MR) is 70.5 cm³/mol. The van der Waals surface area contributed by atoms with Crippen LogP contribution in [-0.4, -0.2) is 16.7 Å². The van der Waals surface area contributed by atoms with Crippen LogP contribution in [0.5, 0.6) is 5.75 Å². The van der Waals surface area contributed by atoms with Gasteiger partial charge in [-0.3, -0.25) is 4.98 Å². The second-order valence-electron chi connectivity index (χ2n) is 4.42. The van der Waals surface area contributed by atoms with E-state index in [1.165, 1.54) is 12.3 Å². The summed E-state index contributed by atoms with van der Waals surface area (Å²) in [6.07, 6.45) is 2.57. The summed E-state index contributed by atoms with van der Waals surface area (Å²) in [5.74, 6) is 0.267. The molecule has 0 aliphatic heterocycles. The molecule has 0 radical (unpaired) electrons. The van der Waals surface area contributed by atoms with Crippen molar-refractivity contribution in [1.82, 2.24) is 4.98 Å². The van der Waals surface area contributed by atoms with Crippen LogP contribution in [0.2, 0.25) is 0 Å². The summed E-state index contributed by atoms with van der Waals surface area (Å²) in [6.45, 7) is 4.10. The molecule has 0 aliphatic rings. The summed E-state index contributed by atoms with van der Waals surface area (Å²) in [5.41, 5.74) is -0.222. The van der Waals surface area contributed by atoms with E-state index < -0.39 is 11.4 Å². The number of hydrogen-bond acceptors (Lipinski definition) is 3. The molecule has 1 heterocycles. The average Bonchev–Trinajstić information content (AvgIpc) is 2.40. The average molecular weight is 261 g/mol. The Balaban J connectivity index is 2.33.